The Balaban J connectivity index is 2.44. The molecule has 0 aromatic carbocycles. The summed E-state index contributed by atoms with van der Waals surface area (Å²) < 4.78 is 24.8. The van der Waals surface area contributed by atoms with Crippen LogP contribution in [0.3, 0.4) is 0 Å². The van der Waals surface area contributed by atoms with Crippen LogP contribution in [0.15, 0.2) is 16.6 Å². The zero-order chi connectivity index (χ0) is 10.3. The summed E-state index contributed by atoms with van der Waals surface area (Å²) in [6.07, 6.45) is 1.64. The van der Waals surface area contributed by atoms with Gasteiger partial charge >= 0.3 is 0 Å². The van der Waals surface area contributed by atoms with E-state index in [1.807, 2.05) is 0 Å². The first kappa shape index (κ1) is 10.0. The maximum Gasteiger partial charge on any atom is 0.222 e. The van der Waals surface area contributed by atoms with Crippen molar-refractivity contribution < 1.29 is 13.6 Å². The standard InChI is InChI=1S/C7H10N2O3S2/c1-9-4-5(8-10)7-6(2-3-13-7)14(9,11)12/h2-3,6-7,10H,4H2,1H3/b8-5-. The van der Waals surface area contributed by atoms with E-state index in [0.29, 0.717) is 5.71 Å². The number of thioether (sulfide) groups is 1. The second-order valence-corrected chi connectivity index (χ2v) is 6.49. The molecule has 2 heterocycles. The van der Waals surface area contributed by atoms with Gasteiger partial charge in [-0.1, -0.05) is 11.2 Å². The van der Waals surface area contributed by atoms with Gasteiger partial charge in [-0.25, -0.2) is 8.42 Å². The number of hydrogen-bond donors (Lipinski definition) is 1. The van der Waals surface area contributed by atoms with Crippen LogP contribution in [-0.4, -0.2) is 47.7 Å². The molecule has 0 aromatic heterocycles. The van der Waals surface area contributed by atoms with Crippen LogP contribution in [0.25, 0.3) is 0 Å². The molecule has 2 rings (SSSR count). The number of rotatable bonds is 0. The van der Waals surface area contributed by atoms with Gasteiger partial charge in [0.2, 0.25) is 10.0 Å². The molecule has 14 heavy (non-hydrogen) atoms. The number of oxime groups is 1. The molecule has 1 fully saturated rings. The minimum atomic E-state index is -3.25. The summed E-state index contributed by atoms with van der Waals surface area (Å²) in [5.41, 5.74) is 0.516. The van der Waals surface area contributed by atoms with Crippen LogP contribution >= 0.6 is 11.8 Å². The molecule has 2 aliphatic rings. The highest BCUT2D eigenvalue weighted by Crippen LogP contribution is 2.35. The second kappa shape index (κ2) is 3.25. The average molecular weight is 234 g/mol. The van der Waals surface area contributed by atoms with E-state index in [2.05, 4.69) is 5.16 Å². The summed E-state index contributed by atoms with van der Waals surface area (Å²) >= 11 is 1.39. The third-order valence-electron chi connectivity index (χ3n) is 2.41. The van der Waals surface area contributed by atoms with Gasteiger partial charge in [-0.15, -0.1) is 11.8 Å². The maximum absolute atomic E-state index is 11.8. The molecule has 2 unspecified atom stereocenters. The Morgan fingerprint density at radius 1 is 1.71 bits per heavy atom. The van der Waals surface area contributed by atoms with Crippen molar-refractivity contribution in [2.24, 2.45) is 5.16 Å². The topological polar surface area (TPSA) is 70.0 Å². The zero-order valence-electron chi connectivity index (χ0n) is 7.49. The van der Waals surface area contributed by atoms with Gasteiger partial charge in [-0.2, -0.15) is 4.31 Å². The van der Waals surface area contributed by atoms with Crippen LogP contribution in [0, 0.1) is 0 Å². The van der Waals surface area contributed by atoms with Crippen molar-refractivity contribution in [2.75, 3.05) is 13.6 Å². The number of sulfonamides is 1. The van der Waals surface area contributed by atoms with E-state index in [1.54, 1.807) is 11.5 Å². The van der Waals surface area contributed by atoms with E-state index in [4.69, 9.17) is 5.21 Å². The first-order chi connectivity index (χ1) is 6.57. The SMILES string of the molecule is CN1C/C(=N/O)C2SC=CC2S1(=O)=O. The molecule has 1 N–H and O–H groups in total. The van der Waals surface area contributed by atoms with Crippen molar-refractivity contribution in [3.05, 3.63) is 11.5 Å². The van der Waals surface area contributed by atoms with Gasteiger partial charge in [0.05, 0.1) is 17.5 Å². The van der Waals surface area contributed by atoms with Crippen molar-refractivity contribution in [2.45, 2.75) is 10.5 Å². The Morgan fingerprint density at radius 2 is 2.43 bits per heavy atom. The molecule has 0 aromatic rings. The quantitative estimate of drug-likeness (QED) is 0.476. The first-order valence-corrected chi connectivity index (χ1v) is 6.50. The van der Waals surface area contributed by atoms with Gasteiger partial charge in [0.15, 0.2) is 0 Å². The Bertz CT molecular complexity index is 401. The molecule has 0 bridgehead atoms. The second-order valence-electron chi connectivity index (χ2n) is 3.24. The van der Waals surface area contributed by atoms with Gasteiger partial charge in [0.25, 0.3) is 0 Å². The van der Waals surface area contributed by atoms with Crippen molar-refractivity contribution in [1.82, 2.24) is 4.31 Å². The van der Waals surface area contributed by atoms with Crippen LogP contribution in [0.2, 0.25) is 0 Å². The summed E-state index contributed by atoms with van der Waals surface area (Å²) in [6.45, 7) is 0.175. The van der Waals surface area contributed by atoms with E-state index < -0.39 is 15.3 Å². The molecule has 0 saturated carbocycles. The molecule has 2 aliphatic heterocycles. The fourth-order valence-corrected chi connectivity index (χ4v) is 4.76. The monoisotopic (exact) mass is 234 g/mol. The molecule has 5 nitrogen and oxygen atoms in total. The fraction of sp³-hybridized carbons (Fsp3) is 0.571. The van der Waals surface area contributed by atoms with Gasteiger partial charge in [0, 0.05) is 7.05 Å². The van der Waals surface area contributed by atoms with Gasteiger partial charge in [0.1, 0.15) is 5.25 Å². The molecule has 2 atom stereocenters. The molecule has 7 heteroatoms. The van der Waals surface area contributed by atoms with Crippen LogP contribution < -0.4 is 0 Å². The largest absolute Gasteiger partial charge is 0.411 e. The van der Waals surface area contributed by atoms with E-state index in [-0.39, 0.29) is 11.8 Å². The Kier molecular flexibility index (Phi) is 2.32. The van der Waals surface area contributed by atoms with E-state index in [9.17, 15) is 8.42 Å². The highest BCUT2D eigenvalue weighted by molar-refractivity contribution is 8.05. The van der Waals surface area contributed by atoms with Crippen molar-refractivity contribution in [3.8, 4) is 0 Å². The van der Waals surface area contributed by atoms with Crippen LogP contribution in [0.4, 0.5) is 0 Å². The summed E-state index contributed by atoms with van der Waals surface area (Å²) in [6, 6.07) is 0. The lowest BCUT2D eigenvalue weighted by molar-refractivity contribution is 0.314. The van der Waals surface area contributed by atoms with Crippen LogP contribution in [0.5, 0.6) is 0 Å². The minimum Gasteiger partial charge on any atom is -0.411 e. The molecule has 0 aliphatic carbocycles. The predicted molar refractivity (Wildman–Crippen MR) is 55.1 cm³/mol. The van der Waals surface area contributed by atoms with Crippen LogP contribution in [-0.2, 0) is 10.0 Å². The molecular formula is C7H10N2O3S2. The molecule has 78 valence electrons. The highest BCUT2D eigenvalue weighted by atomic mass is 32.2. The molecule has 1 saturated heterocycles. The summed E-state index contributed by atoms with van der Waals surface area (Å²) in [5, 5.41) is 12.8. The molecule has 0 amide bonds. The van der Waals surface area contributed by atoms with Crippen molar-refractivity contribution in [1.29, 1.82) is 0 Å². The van der Waals surface area contributed by atoms with E-state index >= 15 is 0 Å². The lowest BCUT2D eigenvalue weighted by Gasteiger charge is -2.31. The van der Waals surface area contributed by atoms with E-state index in [1.165, 1.54) is 23.1 Å². The highest BCUT2D eigenvalue weighted by Gasteiger charge is 2.45. The Hall–Kier alpha value is -0.530. The zero-order valence-corrected chi connectivity index (χ0v) is 9.12. The molecule has 0 radical (unpaired) electrons. The van der Waals surface area contributed by atoms with E-state index in [0.717, 1.165) is 0 Å². The summed E-state index contributed by atoms with van der Waals surface area (Å²) in [7, 11) is -1.75. The Labute approximate surface area is 86.5 Å². The average Bonchev–Trinajstić information content (AvgIpc) is 2.61. The lowest BCUT2D eigenvalue weighted by atomic mass is 10.2. The fourth-order valence-electron chi connectivity index (χ4n) is 1.61. The third kappa shape index (κ3) is 1.27. The summed E-state index contributed by atoms with van der Waals surface area (Å²) in [5.74, 6) is 0. The minimum absolute atomic E-state index is 0.175. The van der Waals surface area contributed by atoms with Gasteiger partial charge in [-0.3, -0.25) is 0 Å². The number of hydrogen-bond acceptors (Lipinski definition) is 5. The van der Waals surface area contributed by atoms with Crippen molar-refractivity contribution in [3.63, 3.8) is 0 Å². The summed E-state index contributed by atoms with van der Waals surface area (Å²) in [4.78, 5) is 0. The smallest absolute Gasteiger partial charge is 0.222 e. The predicted octanol–water partition coefficient (Wildman–Crippen LogP) is 0.0895. The first-order valence-electron chi connectivity index (χ1n) is 4.05. The third-order valence-corrected chi connectivity index (χ3v) is 5.87. The van der Waals surface area contributed by atoms with Gasteiger partial charge in [-0.05, 0) is 5.41 Å². The van der Waals surface area contributed by atoms with Crippen molar-refractivity contribution >= 4 is 27.5 Å². The molecule has 0 spiro atoms. The maximum atomic E-state index is 11.8. The Morgan fingerprint density at radius 3 is 3.07 bits per heavy atom. The number of fused-ring (bicyclic) bond motifs is 1. The number of nitrogens with zero attached hydrogens (tertiary/aromatic N) is 2. The van der Waals surface area contributed by atoms with Crippen LogP contribution in [0.1, 0.15) is 0 Å². The lowest BCUT2D eigenvalue weighted by Crippen LogP contribution is -2.51. The van der Waals surface area contributed by atoms with Gasteiger partial charge < -0.3 is 5.21 Å². The normalized spacial score (nSPS) is 38.8. The molecular weight excluding hydrogens is 224 g/mol.